The normalized spacial score (nSPS) is 16.4. The smallest absolute Gasteiger partial charge is 0.325 e. The molecule has 1 aromatic heterocycles. The molecule has 0 aromatic carbocycles. The molecular weight excluding hydrogens is 234 g/mol. The van der Waals surface area contributed by atoms with Crippen LogP contribution in [0, 0.1) is 5.92 Å². The number of carbonyl (C=O) groups is 2. The number of anilines is 1. The molecule has 0 aliphatic heterocycles. The molecular formula is C12H17N3O3. The molecule has 98 valence electrons. The van der Waals surface area contributed by atoms with Crippen molar-refractivity contribution in [3.8, 4) is 0 Å². The van der Waals surface area contributed by atoms with Crippen LogP contribution >= 0.6 is 0 Å². The van der Waals surface area contributed by atoms with Crippen molar-refractivity contribution in [2.24, 2.45) is 5.92 Å². The summed E-state index contributed by atoms with van der Waals surface area (Å²) in [5.41, 5.74) is 0. The van der Waals surface area contributed by atoms with Crippen molar-refractivity contribution >= 4 is 17.7 Å². The lowest BCUT2D eigenvalue weighted by atomic mass is 9.89. The summed E-state index contributed by atoms with van der Waals surface area (Å²) in [4.78, 5) is 22.4. The molecule has 0 unspecified atom stereocenters. The van der Waals surface area contributed by atoms with E-state index in [-0.39, 0.29) is 18.4 Å². The van der Waals surface area contributed by atoms with Gasteiger partial charge in [-0.1, -0.05) is 19.3 Å². The maximum atomic E-state index is 11.9. The van der Waals surface area contributed by atoms with E-state index in [2.05, 4.69) is 10.4 Å². The van der Waals surface area contributed by atoms with Gasteiger partial charge in [0.05, 0.1) is 0 Å². The number of carboxylic acid groups (broad SMARTS) is 1. The van der Waals surface area contributed by atoms with Gasteiger partial charge >= 0.3 is 5.97 Å². The Morgan fingerprint density at radius 3 is 2.78 bits per heavy atom. The minimum Gasteiger partial charge on any atom is -0.480 e. The van der Waals surface area contributed by atoms with E-state index in [4.69, 9.17) is 5.11 Å². The van der Waals surface area contributed by atoms with Crippen LogP contribution in [-0.4, -0.2) is 26.8 Å². The van der Waals surface area contributed by atoms with Crippen LogP contribution in [0.15, 0.2) is 12.3 Å². The van der Waals surface area contributed by atoms with Crippen LogP contribution in [0.1, 0.15) is 32.1 Å². The number of aromatic nitrogens is 2. The van der Waals surface area contributed by atoms with Crippen LogP contribution in [0.25, 0.3) is 0 Å². The van der Waals surface area contributed by atoms with Gasteiger partial charge in [0.2, 0.25) is 5.91 Å². The molecule has 1 aliphatic carbocycles. The van der Waals surface area contributed by atoms with Crippen LogP contribution in [0.3, 0.4) is 0 Å². The van der Waals surface area contributed by atoms with Gasteiger partial charge in [0.15, 0.2) is 5.82 Å². The number of hydrogen-bond acceptors (Lipinski definition) is 3. The van der Waals surface area contributed by atoms with Gasteiger partial charge in [0.25, 0.3) is 0 Å². The molecule has 0 radical (unpaired) electrons. The third-order valence-corrected chi connectivity index (χ3v) is 3.17. The zero-order valence-corrected chi connectivity index (χ0v) is 10.1. The second-order valence-electron chi connectivity index (χ2n) is 4.62. The summed E-state index contributed by atoms with van der Waals surface area (Å²) in [5, 5.41) is 15.3. The first-order chi connectivity index (χ1) is 8.65. The molecule has 1 heterocycles. The van der Waals surface area contributed by atoms with Gasteiger partial charge in [-0.15, -0.1) is 0 Å². The summed E-state index contributed by atoms with van der Waals surface area (Å²) in [6, 6.07) is 1.61. The molecule has 6 nitrogen and oxygen atoms in total. The highest BCUT2D eigenvalue weighted by atomic mass is 16.4. The Kier molecular flexibility index (Phi) is 3.96. The Balaban J connectivity index is 1.90. The molecule has 0 saturated heterocycles. The lowest BCUT2D eigenvalue weighted by Crippen LogP contribution is -2.25. The number of carboxylic acids is 1. The maximum Gasteiger partial charge on any atom is 0.325 e. The predicted molar refractivity (Wildman–Crippen MR) is 65.1 cm³/mol. The van der Waals surface area contributed by atoms with E-state index in [0.717, 1.165) is 25.7 Å². The maximum absolute atomic E-state index is 11.9. The van der Waals surface area contributed by atoms with Crippen molar-refractivity contribution in [1.82, 2.24) is 9.78 Å². The van der Waals surface area contributed by atoms with Gasteiger partial charge in [0.1, 0.15) is 6.54 Å². The summed E-state index contributed by atoms with van der Waals surface area (Å²) < 4.78 is 1.29. The Labute approximate surface area is 105 Å². The third kappa shape index (κ3) is 3.32. The van der Waals surface area contributed by atoms with E-state index in [9.17, 15) is 9.59 Å². The fraction of sp³-hybridized carbons (Fsp3) is 0.583. The average molecular weight is 251 g/mol. The minimum absolute atomic E-state index is 0.00437. The standard InChI is InChI=1S/C12H17N3O3/c16-11(17)8-15-7-6-10(14-15)13-12(18)9-4-2-1-3-5-9/h6-7,9H,1-5,8H2,(H,16,17)(H,13,14,18). The first-order valence-electron chi connectivity index (χ1n) is 6.21. The lowest BCUT2D eigenvalue weighted by Gasteiger charge is -2.19. The lowest BCUT2D eigenvalue weighted by molar-refractivity contribution is -0.137. The molecule has 2 rings (SSSR count). The monoisotopic (exact) mass is 251 g/mol. The third-order valence-electron chi connectivity index (χ3n) is 3.17. The molecule has 1 aliphatic rings. The van der Waals surface area contributed by atoms with Crippen LogP contribution in [0.5, 0.6) is 0 Å². The number of aliphatic carboxylic acids is 1. The Morgan fingerprint density at radius 2 is 2.11 bits per heavy atom. The Hall–Kier alpha value is -1.85. The molecule has 1 amide bonds. The van der Waals surface area contributed by atoms with Gasteiger partial charge in [-0.3, -0.25) is 14.3 Å². The van der Waals surface area contributed by atoms with Gasteiger partial charge in [0, 0.05) is 18.2 Å². The van der Waals surface area contributed by atoms with Crippen LogP contribution in [-0.2, 0) is 16.1 Å². The number of rotatable bonds is 4. The van der Waals surface area contributed by atoms with Gasteiger partial charge in [-0.25, -0.2) is 0 Å². The summed E-state index contributed by atoms with van der Waals surface area (Å²) in [7, 11) is 0. The van der Waals surface area contributed by atoms with E-state index < -0.39 is 5.97 Å². The Bertz CT molecular complexity index is 436. The Morgan fingerprint density at radius 1 is 1.39 bits per heavy atom. The number of carbonyl (C=O) groups excluding carboxylic acids is 1. The molecule has 18 heavy (non-hydrogen) atoms. The molecule has 2 N–H and O–H groups in total. The fourth-order valence-electron chi connectivity index (χ4n) is 2.25. The second-order valence-corrected chi connectivity index (χ2v) is 4.62. The summed E-state index contributed by atoms with van der Waals surface area (Å²) in [6.45, 7) is -0.195. The highest BCUT2D eigenvalue weighted by molar-refractivity contribution is 5.91. The van der Waals surface area contributed by atoms with Crippen LogP contribution in [0.4, 0.5) is 5.82 Å². The van der Waals surface area contributed by atoms with Crippen molar-refractivity contribution in [2.75, 3.05) is 5.32 Å². The quantitative estimate of drug-likeness (QED) is 0.849. The van der Waals surface area contributed by atoms with Crippen molar-refractivity contribution in [1.29, 1.82) is 0 Å². The molecule has 6 heteroatoms. The van der Waals surface area contributed by atoms with Gasteiger partial charge < -0.3 is 10.4 Å². The molecule has 1 aromatic rings. The number of amides is 1. The summed E-state index contributed by atoms with van der Waals surface area (Å²) >= 11 is 0. The van der Waals surface area contributed by atoms with Gasteiger partial charge in [-0.2, -0.15) is 5.10 Å². The van der Waals surface area contributed by atoms with E-state index in [1.165, 1.54) is 11.1 Å². The van der Waals surface area contributed by atoms with Crippen LogP contribution in [0.2, 0.25) is 0 Å². The number of nitrogens with one attached hydrogen (secondary N) is 1. The highest BCUT2D eigenvalue weighted by Crippen LogP contribution is 2.24. The van der Waals surface area contributed by atoms with Crippen molar-refractivity contribution in [3.63, 3.8) is 0 Å². The zero-order chi connectivity index (χ0) is 13.0. The summed E-state index contributed by atoms with van der Waals surface area (Å²) in [6.07, 6.45) is 6.82. The summed E-state index contributed by atoms with van der Waals surface area (Å²) in [5.74, 6) is -0.464. The highest BCUT2D eigenvalue weighted by Gasteiger charge is 2.21. The van der Waals surface area contributed by atoms with E-state index >= 15 is 0 Å². The molecule has 0 bridgehead atoms. The van der Waals surface area contributed by atoms with Crippen molar-refractivity contribution in [2.45, 2.75) is 38.6 Å². The molecule has 1 fully saturated rings. The van der Waals surface area contributed by atoms with Crippen molar-refractivity contribution < 1.29 is 14.7 Å². The molecule has 0 atom stereocenters. The molecule has 1 saturated carbocycles. The van der Waals surface area contributed by atoms with Crippen LogP contribution < -0.4 is 5.32 Å². The SMILES string of the molecule is O=C(O)Cn1ccc(NC(=O)C2CCCCC2)n1. The first kappa shape index (κ1) is 12.6. The fourth-order valence-corrected chi connectivity index (χ4v) is 2.25. The van der Waals surface area contributed by atoms with E-state index in [1.807, 2.05) is 0 Å². The number of nitrogens with zero attached hydrogens (tertiary/aromatic N) is 2. The molecule has 0 spiro atoms. The first-order valence-corrected chi connectivity index (χ1v) is 6.21. The largest absolute Gasteiger partial charge is 0.480 e. The van der Waals surface area contributed by atoms with Gasteiger partial charge in [-0.05, 0) is 12.8 Å². The van der Waals surface area contributed by atoms with E-state index in [1.54, 1.807) is 12.3 Å². The minimum atomic E-state index is -0.955. The van der Waals surface area contributed by atoms with E-state index in [0.29, 0.717) is 5.82 Å². The zero-order valence-electron chi connectivity index (χ0n) is 10.1. The second kappa shape index (κ2) is 5.66. The topological polar surface area (TPSA) is 84.2 Å². The number of hydrogen-bond donors (Lipinski definition) is 2. The average Bonchev–Trinajstić information content (AvgIpc) is 2.76. The predicted octanol–water partition coefficient (Wildman–Crippen LogP) is 1.49. The van der Waals surface area contributed by atoms with Crippen molar-refractivity contribution in [3.05, 3.63) is 12.3 Å².